The van der Waals surface area contributed by atoms with Gasteiger partial charge in [0, 0.05) is 20.1 Å². The molecule has 0 radical (unpaired) electrons. The van der Waals surface area contributed by atoms with Gasteiger partial charge >= 0.3 is 0 Å². The summed E-state index contributed by atoms with van der Waals surface area (Å²) in [5.41, 5.74) is 3.01. The van der Waals surface area contributed by atoms with Crippen LogP contribution >= 0.6 is 0 Å². The Hall–Kier alpha value is -2.96. The van der Waals surface area contributed by atoms with Crippen LogP contribution < -0.4 is 5.32 Å². The molecular formula is C16H17N7. The highest BCUT2D eigenvalue weighted by molar-refractivity contribution is 5.85. The summed E-state index contributed by atoms with van der Waals surface area (Å²) in [6.45, 7) is 3.60. The average molecular weight is 307 g/mol. The number of rotatable bonds is 4. The lowest BCUT2D eigenvalue weighted by Crippen LogP contribution is -2.12. The van der Waals surface area contributed by atoms with Crippen molar-refractivity contribution in [2.24, 2.45) is 7.05 Å². The van der Waals surface area contributed by atoms with Crippen molar-refractivity contribution in [1.82, 2.24) is 29.3 Å². The predicted octanol–water partition coefficient (Wildman–Crippen LogP) is 2.13. The van der Waals surface area contributed by atoms with Crippen LogP contribution in [-0.2, 0) is 13.6 Å². The lowest BCUT2D eigenvalue weighted by atomic mass is 10.3. The van der Waals surface area contributed by atoms with Crippen LogP contribution in [-0.4, -0.2) is 35.8 Å². The molecule has 0 saturated carbocycles. The van der Waals surface area contributed by atoms with Gasteiger partial charge in [0.15, 0.2) is 5.65 Å². The van der Waals surface area contributed by atoms with Crippen LogP contribution in [0.5, 0.6) is 0 Å². The number of para-hydroxylation sites is 2. The highest BCUT2D eigenvalue weighted by atomic mass is 15.3. The van der Waals surface area contributed by atoms with Gasteiger partial charge in [-0.3, -0.25) is 4.68 Å². The molecule has 0 aliphatic carbocycles. The summed E-state index contributed by atoms with van der Waals surface area (Å²) in [4.78, 5) is 13.2. The third kappa shape index (κ3) is 2.30. The molecule has 0 aliphatic rings. The number of nitrogens with one attached hydrogen (secondary N) is 1. The summed E-state index contributed by atoms with van der Waals surface area (Å²) < 4.78 is 3.96. The summed E-state index contributed by atoms with van der Waals surface area (Å²) in [6.07, 6.45) is 3.35. The van der Waals surface area contributed by atoms with Gasteiger partial charge in [-0.15, -0.1) is 0 Å². The Bertz CT molecular complexity index is 983. The van der Waals surface area contributed by atoms with Gasteiger partial charge in [-0.05, 0) is 19.1 Å². The quantitative estimate of drug-likeness (QED) is 0.625. The van der Waals surface area contributed by atoms with E-state index in [1.807, 2.05) is 32.2 Å². The van der Waals surface area contributed by atoms with E-state index in [1.54, 1.807) is 17.2 Å². The maximum Gasteiger partial charge on any atom is 0.163 e. The molecule has 7 heteroatoms. The summed E-state index contributed by atoms with van der Waals surface area (Å²) in [7, 11) is 1.88. The van der Waals surface area contributed by atoms with Crippen molar-refractivity contribution in [3.63, 3.8) is 0 Å². The summed E-state index contributed by atoms with van der Waals surface area (Å²) in [6, 6.07) is 8.18. The normalized spacial score (nSPS) is 11.4. The Labute approximate surface area is 133 Å². The smallest absolute Gasteiger partial charge is 0.163 e. The first-order valence-electron chi connectivity index (χ1n) is 7.52. The number of benzene rings is 1. The molecule has 4 aromatic rings. The van der Waals surface area contributed by atoms with Crippen LogP contribution in [0.2, 0.25) is 0 Å². The molecule has 23 heavy (non-hydrogen) atoms. The maximum absolute atomic E-state index is 4.59. The van der Waals surface area contributed by atoms with E-state index in [1.165, 1.54) is 0 Å². The standard InChI is InChI=1S/C16H17N7/c1-11-21-13-5-3-4-6-14(13)23(11)8-7-17-15-12-9-20-22(2)16(12)19-10-18-15/h3-6,9-10H,7-8H2,1-2H3,(H,17,18,19). The number of hydrogen-bond donors (Lipinski definition) is 1. The molecule has 7 nitrogen and oxygen atoms in total. The topological polar surface area (TPSA) is 73.5 Å². The van der Waals surface area contributed by atoms with Crippen molar-refractivity contribution in [1.29, 1.82) is 0 Å². The summed E-state index contributed by atoms with van der Waals surface area (Å²) in [5, 5.41) is 8.54. The molecule has 3 heterocycles. The molecular weight excluding hydrogens is 290 g/mol. The minimum absolute atomic E-state index is 0.752. The number of hydrogen-bond acceptors (Lipinski definition) is 5. The highest BCUT2D eigenvalue weighted by Gasteiger charge is 2.09. The van der Waals surface area contributed by atoms with Crippen molar-refractivity contribution < 1.29 is 0 Å². The first-order chi connectivity index (χ1) is 11.2. The van der Waals surface area contributed by atoms with E-state index in [2.05, 4.69) is 36.0 Å². The van der Waals surface area contributed by atoms with Crippen molar-refractivity contribution >= 4 is 27.9 Å². The van der Waals surface area contributed by atoms with Crippen LogP contribution in [0, 0.1) is 6.92 Å². The third-order valence-electron chi connectivity index (χ3n) is 4.00. The van der Waals surface area contributed by atoms with Crippen LogP contribution in [0.25, 0.3) is 22.1 Å². The Morgan fingerprint density at radius 1 is 1.17 bits per heavy atom. The number of anilines is 1. The second-order valence-electron chi connectivity index (χ2n) is 5.45. The van der Waals surface area contributed by atoms with Crippen LogP contribution in [0.3, 0.4) is 0 Å². The van der Waals surface area contributed by atoms with Crippen molar-refractivity contribution in [3.8, 4) is 0 Å². The van der Waals surface area contributed by atoms with Gasteiger partial charge in [-0.25, -0.2) is 15.0 Å². The third-order valence-corrected chi connectivity index (χ3v) is 4.00. The molecule has 0 amide bonds. The molecule has 0 unspecified atom stereocenters. The van der Waals surface area contributed by atoms with E-state index >= 15 is 0 Å². The largest absolute Gasteiger partial charge is 0.368 e. The number of aromatic nitrogens is 6. The highest BCUT2D eigenvalue weighted by Crippen LogP contribution is 2.18. The second-order valence-corrected chi connectivity index (χ2v) is 5.45. The lowest BCUT2D eigenvalue weighted by Gasteiger charge is -2.09. The average Bonchev–Trinajstić information content (AvgIpc) is 3.09. The fourth-order valence-electron chi connectivity index (χ4n) is 2.87. The number of nitrogens with zero attached hydrogens (tertiary/aromatic N) is 6. The zero-order chi connectivity index (χ0) is 15.8. The van der Waals surface area contributed by atoms with E-state index in [4.69, 9.17) is 0 Å². The Morgan fingerprint density at radius 3 is 2.96 bits per heavy atom. The van der Waals surface area contributed by atoms with Gasteiger partial charge in [0.25, 0.3) is 0 Å². The van der Waals surface area contributed by atoms with Crippen molar-refractivity contribution in [2.45, 2.75) is 13.5 Å². The van der Waals surface area contributed by atoms with Gasteiger partial charge in [-0.1, -0.05) is 12.1 Å². The first-order valence-corrected chi connectivity index (χ1v) is 7.52. The number of imidazole rings is 1. The van der Waals surface area contributed by atoms with Gasteiger partial charge < -0.3 is 9.88 Å². The SMILES string of the molecule is Cc1nc2ccccc2n1CCNc1ncnc2c1cnn2C. The molecule has 0 fully saturated rings. The predicted molar refractivity (Wildman–Crippen MR) is 89.3 cm³/mol. The zero-order valence-corrected chi connectivity index (χ0v) is 13.1. The second kappa shape index (κ2) is 5.35. The van der Waals surface area contributed by atoms with Gasteiger partial charge in [0.05, 0.1) is 22.6 Å². The van der Waals surface area contributed by atoms with E-state index in [0.29, 0.717) is 0 Å². The molecule has 0 aliphatic heterocycles. The Morgan fingerprint density at radius 2 is 2.04 bits per heavy atom. The van der Waals surface area contributed by atoms with Crippen LogP contribution in [0.4, 0.5) is 5.82 Å². The Balaban J connectivity index is 1.56. The maximum atomic E-state index is 4.59. The first kappa shape index (κ1) is 13.7. The molecule has 1 N–H and O–H groups in total. The van der Waals surface area contributed by atoms with Gasteiger partial charge in [0.1, 0.15) is 18.0 Å². The fraction of sp³-hybridized carbons (Fsp3) is 0.250. The minimum atomic E-state index is 0.752. The van der Waals surface area contributed by atoms with E-state index in [-0.39, 0.29) is 0 Å². The van der Waals surface area contributed by atoms with Crippen molar-refractivity contribution in [3.05, 3.63) is 42.6 Å². The van der Waals surface area contributed by atoms with Crippen LogP contribution in [0.15, 0.2) is 36.8 Å². The van der Waals surface area contributed by atoms with E-state index in [0.717, 1.165) is 46.8 Å². The minimum Gasteiger partial charge on any atom is -0.368 e. The molecule has 0 spiro atoms. The van der Waals surface area contributed by atoms with E-state index < -0.39 is 0 Å². The van der Waals surface area contributed by atoms with Gasteiger partial charge in [-0.2, -0.15) is 5.10 Å². The van der Waals surface area contributed by atoms with Crippen LogP contribution in [0.1, 0.15) is 5.82 Å². The molecule has 4 rings (SSSR count). The van der Waals surface area contributed by atoms with Crippen molar-refractivity contribution in [2.75, 3.05) is 11.9 Å². The molecule has 1 aromatic carbocycles. The fourth-order valence-corrected chi connectivity index (χ4v) is 2.87. The zero-order valence-electron chi connectivity index (χ0n) is 13.1. The Kier molecular flexibility index (Phi) is 3.18. The lowest BCUT2D eigenvalue weighted by molar-refractivity contribution is 0.720. The summed E-state index contributed by atoms with van der Waals surface area (Å²) in [5.74, 6) is 1.83. The molecule has 0 atom stereocenters. The number of fused-ring (bicyclic) bond motifs is 2. The molecule has 3 aromatic heterocycles. The summed E-state index contributed by atoms with van der Waals surface area (Å²) >= 11 is 0. The molecule has 0 bridgehead atoms. The van der Waals surface area contributed by atoms with Gasteiger partial charge in [0.2, 0.25) is 0 Å². The number of aryl methyl sites for hydroxylation is 2. The molecule has 116 valence electrons. The molecule has 0 saturated heterocycles. The van der Waals surface area contributed by atoms with E-state index in [9.17, 15) is 0 Å². The monoisotopic (exact) mass is 307 g/mol.